The highest BCUT2D eigenvalue weighted by Crippen LogP contribution is 2.30. The van der Waals surface area contributed by atoms with Crippen molar-refractivity contribution in [3.05, 3.63) is 58.9 Å². The highest BCUT2D eigenvalue weighted by atomic mass is 35.5. The summed E-state index contributed by atoms with van der Waals surface area (Å²) in [5.74, 6) is -0.719. The molecule has 2 aromatic carbocycles. The summed E-state index contributed by atoms with van der Waals surface area (Å²) in [5, 5.41) is 0. The molecule has 1 heterocycles. The van der Waals surface area contributed by atoms with Crippen LogP contribution >= 0.6 is 12.4 Å². The molecular weight excluding hydrogens is 351 g/mol. The molecule has 2 N–H and O–H groups in total. The minimum absolute atomic E-state index is 0. The molecule has 1 unspecified atom stereocenters. The van der Waals surface area contributed by atoms with Gasteiger partial charge in [0.25, 0.3) is 5.91 Å². The van der Waals surface area contributed by atoms with Crippen molar-refractivity contribution in [3.63, 3.8) is 0 Å². The van der Waals surface area contributed by atoms with Crippen molar-refractivity contribution in [2.75, 3.05) is 19.6 Å². The molecule has 1 aliphatic heterocycles. The highest BCUT2D eigenvalue weighted by molar-refractivity contribution is 5.95. The van der Waals surface area contributed by atoms with Crippen molar-refractivity contribution >= 4 is 18.3 Å². The van der Waals surface area contributed by atoms with E-state index < -0.39 is 5.82 Å². The molecule has 2 aromatic rings. The molecule has 3 rings (SSSR count). The number of carbonyl (C=O) groups excluding carboxylic acids is 1. The lowest BCUT2D eigenvalue weighted by molar-refractivity contribution is 0.0772. The third-order valence-electron chi connectivity index (χ3n) is 5.38. The minimum Gasteiger partial charge on any atom is -0.338 e. The van der Waals surface area contributed by atoms with Gasteiger partial charge in [0.2, 0.25) is 0 Å². The predicted octanol–water partition coefficient (Wildman–Crippen LogP) is 4.34. The maximum absolute atomic E-state index is 14.6. The summed E-state index contributed by atoms with van der Waals surface area (Å²) in [7, 11) is 0. The second-order valence-corrected chi connectivity index (χ2v) is 7.49. The van der Waals surface area contributed by atoms with E-state index in [-0.39, 0.29) is 29.3 Å². The first-order valence-corrected chi connectivity index (χ1v) is 8.69. The van der Waals surface area contributed by atoms with Crippen LogP contribution in [0.15, 0.2) is 36.4 Å². The summed E-state index contributed by atoms with van der Waals surface area (Å²) in [5.41, 5.74) is 9.97. The molecule has 1 aliphatic rings. The number of nitrogens with zero attached hydrogens (tertiary/aromatic N) is 1. The van der Waals surface area contributed by atoms with Crippen molar-refractivity contribution in [1.82, 2.24) is 4.90 Å². The number of benzene rings is 2. The van der Waals surface area contributed by atoms with E-state index in [0.29, 0.717) is 19.6 Å². The van der Waals surface area contributed by atoms with Crippen LogP contribution in [0.5, 0.6) is 0 Å². The van der Waals surface area contributed by atoms with E-state index in [4.69, 9.17) is 5.73 Å². The Morgan fingerprint density at radius 2 is 1.81 bits per heavy atom. The van der Waals surface area contributed by atoms with Gasteiger partial charge in [0.1, 0.15) is 5.82 Å². The van der Waals surface area contributed by atoms with Gasteiger partial charge in [-0.25, -0.2) is 4.39 Å². The van der Waals surface area contributed by atoms with Crippen LogP contribution in [-0.2, 0) is 0 Å². The summed E-state index contributed by atoms with van der Waals surface area (Å²) in [6, 6.07) is 10.9. The van der Waals surface area contributed by atoms with Crippen molar-refractivity contribution in [1.29, 1.82) is 0 Å². The fourth-order valence-corrected chi connectivity index (χ4v) is 3.32. The summed E-state index contributed by atoms with van der Waals surface area (Å²) in [6.45, 7) is 7.90. The number of likely N-dealkylation sites (tertiary alicyclic amines) is 1. The molecule has 140 valence electrons. The maximum Gasteiger partial charge on any atom is 0.256 e. The molecule has 1 fully saturated rings. The largest absolute Gasteiger partial charge is 0.338 e. The molecular formula is C21H26ClFN2O. The molecule has 5 heteroatoms. The fourth-order valence-electron chi connectivity index (χ4n) is 3.32. The number of amides is 1. The average molecular weight is 377 g/mol. The lowest BCUT2D eigenvalue weighted by atomic mass is 9.90. The van der Waals surface area contributed by atoms with Gasteiger partial charge in [0, 0.05) is 13.1 Å². The first-order chi connectivity index (χ1) is 11.8. The summed E-state index contributed by atoms with van der Waals surface area (Å²) >= 11 is 0. The molecule has 0 spiro atoms. The van der Waals surface area contributed by atoms with Gasteiger partial charge < -0.3 is 10.6 Å². The van der Waals surface area contributed by atoms with Gasteiger partial charge >= 0.3 is 0 Å². The quantitative estimate of drug-likeness (QED) is 0.865. The molecule has 0 aromatic heterocycles. The number of nitrogens with two attached hydrogens (primary N) is 1. The van der Waals surface area contributed by atoms with E-state index in [1.54, 1.807) is 11.0 Å². The fraction of sp³-hybridized carbons (Fsp3) is 0.381. The van der Waals surface area contributed by atoms with E-state index in [9.17, 15) is 9.18 Å². The van der Waals surface area contributed by atoms with Crippen LogP contribution in [0.4, 0.5) is 4.39 Å². The Morgan fingerprint density at radius 3 is 2.38 bits per heavy atom. The molecule has 0 radical (unpaired) electrons. The number of hydrogen-bond donors (Lipinski definition) is 1. The Bertz CT molecular complexity index is 824. The van der Waals surface area contributed by atoms with Gasteiger partial charge in [-0.1, -0.05) is 31.2 Å². The molecule has 3 nitrogen and oxygen atoms in total. The van der Waals surface area contributed by atoms with Crippen LogP contribution in [0.3, 0.4) is 0 Å². The predicted molar refractivity (Wildman–Crippen MR) is 106 cm³/mol. The van der Waals surface area contributed by atoms with Crippen LogP contribution in [0.25, 0.3) is 11.1 Å². The second kappa shape index (κ2) is 7.77. The van der Waals surface area contributed by atoms with Gasteiger partial charge in [-0.15, -0.1) is 12.4 Å². The maximum atomic E-state index is 14.6. The number of hydrogen-bond acceptors (Lipinski definition) is 2. The molecule has 1 amide bonds. The van der Waals surface area contributed by atoms with Crippen LogP contribution in [0.2, 0.25) is 0 Å². The van der Waals surface area contributed by atoms with Crippen LogP contribution < -0.4 is 5.73 Å². The van der Waals surface area contributed by atoms with Crippen LogP contribution in [-0.4, -0.2) is 30.4 Å². The zero-order valence-corrected chi connectivity index (χ0v) is 16.3. The first kappa shape index (κ1) is 20.4. The van der Waals surface area contributed by atoms with Gasteiger partial charge in [-0.05, 0) is 66.6 Å². The zero-order chi connectivity index (χ0) is 18.2. The molecule has 26 heavy (non-hydrogen) atoms. The average Bonchev–Trinajstić information content (AvgIpc) is 3.00. The van der Waals surface area contributed by atoms with E-state index in [2.05, 4.69) is 6.92 Å². The van der Waals surface area contributed by atoms with E-state index in [0.717, 1.165) is 23.1 Å². The zero-order valence-electron chi connectivity index (χ0n) is 15.5. The van der Waals surface area contributed by atoms with Crippen molar-refractivity contribution in [3.8, 4) is 11.1 Å². The van der Waals surface area contributed by atoms with E-state index in [1.165, 1.54) is 11.6 Å². The number of carbonyl (C=O) groups is 1. The Morgan fingerprint density at radius 1 is 1.15 bits per heavy atom. The van der Waals surface area contributed by atoms with Crippen molar-refractivity contribution in [2.45, 2.75) is 27.2 Å². The number of rotatable bonds is 3. The van der Waals surface area contributed by atoms with Gasteiger partial charge in [0.05, 0.1) is 5.56 Å². The molecule has 0 aliphatic carbocycles. The molecule has 1 saturated heterocycles. The lowest BCUT2D eigenvalue weighted by Gasteiger charge is -2.22. The Kier molecular flexibility index (Phi) is 6.09. The smallest absolute Gasteiger partial charge is 0.256 e. The Hall–Kier alpha value is -1.91. The Balaban J connectivity index is 0.00000243. The number of aryl methyl sites for hydroxylation is 2. The topological polar surface area (TPSA) is 46.3 Å². The molecule has 1 atom stereocenters. The third-order valence-corrected chi connectivity index (χ3v) is 5.38. The molecule has 0 saturated carbocycles. The van der Waals surface area contributed by atoms with Gasteiger partial charge in [-0.2, -0.15) is 0 Å². The van der Waals surface area contributed by atoms with Crippen LogP contribution in [0, 0.1) is 25.1 Å². The van der Waals surface area contributed by atoms with Crippen molar-refractivity contribution < 1.29 is 9.18 Å². The van der Waals surface area contributed by atoms with E-state index >= 15 is 0 Å². The molecule has 0 bridgehead atoms. The summed E-state index contributed by atoms with van der Waals surface area (Å²) in [4.78, 5) is 14.4. The standard InChI is InChI=1S/C21H25FN2O.ClH/c1-14-4-5-16(10-15(14)2)17-6-7-18(19(22)11-17)20(25)24-9-8-21(3,12-23)13-24;/h4-7,10-11H,8-9,12-13,23H2,1-3H3;1H. The van der Waals surface area contributed by atoms with Crippen LogP contribution in [0.1, 0.15) is 34.8 Å². The number of halogens is 2. The summed E-state index contributed by atoms with van der Waals surface area (Å²) in [6.07, 6.45) is 0.859. The highest BCUT2D eigenvalue weighted by Gasteiger charge is 2.35. The second-order valence-electron chi connectivity index (χ2n) is 7.49. The first-order valence-electron chi connectivity index (χ1n) is 8.69. The van der Waals surface area contributed by atoms with Crippen molar-refractivity contribution in [2.24, 2.45) is 11.1 Å². The van der Waals surface area contributed by atoms with Gasteiger partial charge in [0.15, 0.2) is 0 Å². The summed E-state index contributed by atoms with van der Waals surface area (Å²) < 4.78 is 14.6. The normalized spacial score (nSPS) is 19.3. The minimum atomic E-state index is -0.470. The lowest BCUT2D eigenvalue weighted by Crippen LogP contribution is -2.34. The monoisotopic (exact) mass is 376 g/mol. The SMILES string of the molecule is Cc1ccc(-c2ccc(C(=O)N3CCC(C)(CN)C3)c(F)c2)cc1C.Cl. The Labute approximate surface area is 160 Å². The third kappa shape index (κ3) is 3.92. The van der Waals surface area contributed by atoms with Gasteiger partial charge in [-0.3, -0.25) is 4.79 Å². The van der Waals surface area contributed by atoms with E-state index in [1.807, 2.05) is 38.1 Å².